The molecule has 1 fully saturated rings. The molecule has 1 saturated heterocycles. The van der Waals surface area contributed by atoms with Crippen LogP contribution < -0.4 is 0 Å². The summed E-state index contributed by atoms with van der Waals surface area (Å²) in [6.45, 7) is 5.90. The fourth-order valence-electron chi connectivity index (χ4n) is 2.66. The smallest absolute Gasteiger partial charge is 0.123 e. The molecule has 0 aromatic heterocycles. The Morgan fingerprint density at radius 3 is 2.50 bits per heavy atom. The third-order valence-electron chi connectivity index (χ3n) is 3.82. The van der Waals surface area contributed by atoms with Gasteiger partial charge in [0.2, 0.25) is 0 Å². The number of piperidine rings is 1. The van der Waals surface area contributed by atoms with Crippen molar-refractivity contribution in [2.75, 3.05) is 32.7 Å². The fraction of sp³-hybridized carbons (Fsp3) is 0.529. The lowest BCUT2D eigenvalue weighted by Crippen LogP contribution is -2.37. The number of hydrogen-bond acceptors (Lipinski definition) is 2. The number of nitrogens with zero attached hydrogens (tertiary/aromatic N) is 2. The Labute approximate surface area is 121 Å². The van der Waals surface area contributed by atoms with Gasteiger partial charge in [-0.3, -0.25) is 4.90 Å². The Hall–Kier alpha value is -1.37. The normalized spacial score (nSPS) is 16.2. The number of terminal acetylenes is 1. The second-order valence-corrected chi connectivity index (χ2v) is 5.44. The lowest BCUT2D eigenvalue weighted by molar-refractivity contribution is 0.187. The zero-order valence-electron chi connectivity index (χ0n) is 12.0. The Morgan fingerprint density at radius 2 is 1.85 bits per heavy atom. The van der Waals surface area contributed by atoms with Gasteiger partial charge in [0.05, 0.1) is 6.54 Å². The number of benzene rings is 1. The van der Waals surface area contributed by atoms with Crippen LogP contribution in [-0.4, -0.2) is 42.5 Å². The first-order chi connectivity index (χ1) is 9.78. The molecular weight excluding hydrogens is 251 g/mol. The lowest BCUT2D eigenvalue weighted by atomic mass is 10.1. The second-order valence-electron chi connectivity index (χ2n) is 5.44. The van der Waals surface area contributed by atoms with Gasteiger partial charge in [0.1, 0.15) is 5.82 Å². The summed E-state index contributed by atoms with van der Waals surface area (Å²) in [5, 5.41) is 0. The van der Waals surface area contributed by atoms with Crippen LogP contribution in [0.3, 0.4) is 0 Å². The van der Waals surface area contributed by atoms with E-state index in [1.807, 2.05) is 12.1 Å². The summed E-state index contributed by atoms with van der Waals surface area (Å²) in [4.78, 5) is 4.76. The predicted octanol–water partition coefficient (Wildman–Crippen LogP) is 2.75. The third kappa shape index (κ3) is 4.96. The summed E-state index contributed by atoms with van der Waals surface area (Å²) in [6.07, 6.45) is 9.44. The Bertz CT molecular complexity index is 429. The van der Waals surface area contributed by atoms with Crippen molar-refractivity contribution in [3.05, 3.63) is 35.6 Å². The molecule has 1 aliphatic heterocycles. The summed E-state index contributed by atoms with van der Waals surface area (Å²) < 4.78 is 12.9. The van der Waals surface area contributed by atoms with Crippen molar-refractivity contribution in [1.82, 2.24) is 9.80 Å². The monoisotopic (exact) mass is 274 g/mol. The molecule has 0 atom stereocenters. The minimum absolute atomic E-state index is 0.189. The molecular formula is C17H23FN2. The highest BCUT2D eigenvalue weighted by atomic mass is 19.1. The van der Waals surface area contributed by atoms with Gasteiger partial charge < -0.3 is 4.90 Å². The first-order valence-electron chi connectivity index (χ1n) is 7.40. The largest absolute Gasteiger partial charge is 0.302 e. The quantitative estimate of drug-likeness (QED) is 0.736. The molecule has 20 heavy (non-hydrogen) atoms. The zero-order valence-corrected chi connectivity index (χ0v) is 12.0. The molecule has 0 N–H and O–H groups in total. The van der Waals surface area contributed by atoms with Crippen molar-refractivity contribution in [2.24, 2.45) is 0 Å². The van der Waals surface area contributed by atoms with Gasteiger partial charge in [0.15, 0.2) is 0 Å². The number of rotatable bonds is 6. The number of halogens is 1. The molecule has 1 aromatic carbocycles. The molecule has 1 aliphatic rings. The van der Waals surface area contributed by atoms with Gasteiger partial charge in [-0.1, -0.05) is 24.5 Å². The Kier molecular flexibility index (Phi) is 6.04. The molecule has 2 nitrogen and oxygen atoms in total. The van der Waals surface area contributed by atoms with Gasteiger partial charge in [0, 0.05) is 19.6 Å². The van der Waals surface area contributed by atoms with Crippen molar-refractivity contribution < 1.29 is 4.39 Å². The summed E-state index contributed by atoms with van der Waals surface area (Å²) in [7, 11) is 0. The van der Waals surface area contributed by atoms with E-state index >= 15 is 0 Å². The first kappa shape index (κ1) is 15.0. The van der Waals surface area contributed by atoms with Crippen LogP contribution in [-0.2, 0) is 6.54 Å². The summed E-state index contributed by atoms with van der Waals surface area (Å²) in [6, 6.07) is 6.68. The fourth-order valence-corrected chi connectivity index (χ4v) is 2.66. The molecule has 3 heteroatoms. The van der Waals surface area contributed by atoms with Crippen LogP contribution in [0.4, 0.5) is 4.39 Å². The van der Waals surface area contributed by atoms with Crippen LogP contribution in [0.25, 0.3) is 0 Å². The van der Waals surface area contributed by atoms with Gasteiger partial charge in [-0.2, -0.15) is 0 Å². The predicted molar refractivity (Wildman–Crippen MR) is 80.8 cm³/mol. The maximum atomic E-state index is 12.9. The summed E-state index contributed by atoms with van der Waals surface area (Å²) in [5.74, 6) is 2.53. The van der Waals surface area contributed by atoms with Crippen LogP contribution >= 0.6 is 0 Å². The van der Waals surface area contributed by atoms with Crippen LogP contribution in [0.2, 0.25) is 0 Å². The SMILES string of the molecule is C#CCN(CCN1CCCCC1)Cc1ccc(F)cc1. The molecule has 1 heterocycles. The van der Waals surface area contributed by atoms with Crippen LogP contribution in [0.1, 0.15) is 24.8 Å². The average Bonchev–Trinajstić information content (AvgIpc) is 2.48. The highest BCUT2D eigenvalue weighted by molar-refractivity contribution is 5.16. The summed E-state index contributed by atoms with van der Waals surface area (Å²) in [5.41, 5.74) is 1.11. The van der Waals surface area contributed by atoms with E-state index in [2.05, 4.69) is 15.7 Å². The van der Waals surface area contributed by atoms with Crippen LogP contribution in [0.5, 0.6) is 0 Å². The van der Waals surface area contributed by atoms with E-state index in [4.69, 9.17) is 6.42 Å². The highest BCUT2D eigenvalue weighted by Crippen LogP contribution is 2.10. The van der Waals surface area contributed by atoms with Crippen molar-refractivity contribution in [2.45, 2.75) is 25.8 Å². The summed E-state index contributed by atoms with van der Waals surface area (Å²) >= 11 is 0. The third-order valence-corrected chi connectivity index (χ3v) is 3.82. The van der Waals surface area contributed by atoms with Gasteiger partial charge in [0.25, 0.3) is 0 Å². The molecule has 0 bridgehead atoms. The lowest BCUT2D eigenvalue weighted by Gasteiger charge is -2.29. The van der Waals surface area contributed by atoms with Crippen molar-refractivity contribution in [1.29, 1.82) is 0 Å². The molecule has 0 saturated carbocycles. The van der Waals surface area contributed by atoms with E-state index < -0.39 is 0 Å². The van der Waals surface area contributed by atoms with Crippen molar-refractivity contribution >= 4 is 0 Å². The van der Waals surface area contributed by atoms with E-state index in [1.54, 1.807) is 0 Å². The van der Waals surface area contributed by atoms with Gasteiger partial charge in [-0.05, 0) is 43.6 Å². The van der Waals surface area contributed by atoms with E-state index in [1.165, 1.54) is 44.5 Å². The Balaban J connectivity index is 1.83. The molecule has 0 radical (unpaired) electrons. The molecule has 1 aromatic rings. The topological polar surface area (TPSA) is 6.48 Å². The molecule has 0 unspecified atom stereocenters. The molecule has 0 aliphatic carbocycles. The molecule has 0 spiro atoms. The maximum Gasteiger partial charge on any atom is 0.123 e. The number of likely N-dealkylation sites (tertiary alicyclic amines) is 1. The average molecular weight is 274 g/mol. The molecule has 0 amide bonds. The zero-order chi connectivity index (χ0) is 14.2. The Morgan fingerprint density at radius 1 is 1.15 bits per heavy atom. The molecule has 2 rings (SSSR count). The van der Waals surface area contributed by atoms with E-state index in [-0.39, 0.29) is 5.82 Å². The minimum atomic E-state index is -0.189. The van der Waals surface area contributed by atoms with Crippen LogP contribution in [0.15, 0.2) is 24.3 Å². The van der Waals surface area contributed by atoms with Gasteiger partial charge >= 0.3 is 0 Å². The molecule has 108 valence electrons. The van der Waals surface area contributed by atoms with E-state index in [0.29, 0.717) is 6.54 Å². The second kappa shape index (κ2) is 8.04. The van der Waals surface area contributed by atoms with Gasteiger partial charge in [-0.15, -0.1) is 6.42 Å². The number of hydrogen-bond donors (Lipinski definition) is 0. The highest BCUT2D eigenvalue weighted by Gasteiger charge is 2.12. The first-order valence-corrected chi connectivity index (χ1v) is 7.40. The maximum absolute atomic E-state index is 12.9. The minimum Gasteiger partial charge on any atom is -0.302 e. The standard InChI is InChI=1S/C17H23FN2/c1-2-10-20(14-13-19-11-4-3-5-12-19)15-16-6-8-17(18)9-7-16/h1,6-9H,3-5,10-15H2. The van der Waals surface area contributed by atoms with E-state index in [0.717, 1.165) is 25.2 Å². The van der Waals surface area contributed by atoms with Crippen molar-refractivity contribution in [3.63, 3.8) is 0 Å². The van der Waals surface area contributed by atoms with Crippen molar-refractivity contribution in [3.8, 4) is 12.3 Å². The van der Waals surface area contributed by atoms with E-state index in [9.17, 15) is 4.39 Å². The van der Waals surface area contributed by atoms with Crippen LogP contribution in [0, 0.1) is 18.2 Å². The van der Waals surface area contributed by atoms with Gasteiger partial charge in [-0.25, -0.2) is 4.39 Å².